The number of aliphatic hydroxyl groups excluding tert-OH is 1. The summed E-state index contributed by atoms with van der Waals surface area (Å²) >= 11 is 0. The Morgan fingerprint density at radius 3 is 2.00 bits per heavy atom. The van der Waals surface area contributed by atoms with Crippen LogP contribution in [0.5, 0.6) is 0 Å². The minimum atomic E-state index is -0.706. The van der Waals surface area contributed by atoms with E-state index in [2.05, 4.69) is 23.8 Å². The molecule has 0 fully saturated rings. The molecule has 0 amide bonds. The maximum absolute atomic E-state index is 11.1. The highest BCUT2D eigenvalue weighted by Gasteiger charge is 2.05. The van der Waals surface area contributed by atoms with Crippen LogP contribution in [0.15, 0.2) is 60.4 Å². The Labute approximate surface area is 153 Å². The summed E-state index contributed by atoms with van der Waals surface area (Å²) in [6.07, 6.45) is 27.1. The number of aliphatic hydroxyl groups is 1. The summed E-state index contributed by atoms with van der Waals surface area (Å²) < 4.78 is 4.66. The van der Waals surface area contributed by atoms with E-state index in [1.54, 1.807) is 19.1 Å². The van der Waals surface area contributed by atoms with E-state index in [1.165, 1.54) is 51.0 Å². The lowest BCUT2D eigenvalue weighted by Gasteiger charge is -1.98. The van der Waals surface area contributed by atoms with Crippen LogP contribution in [0.4, 0.5) is 0 Å². The molecule has 0 radical (unpaired) electrons. The Hall–Kier alpha value is -2.03. The quantitative estimate of drug-likeness (QED) is 0.131. The molecule has 0 aliphatic carbocycles. The molecule has 0 spiro atoms. The summed E-state index contributed by atoms with van der Waals surface area (Å²) in [6.45, 7) is 4.19. The van der Waals surface area contributed by atoms with Crippen LogP contribution in [0.3, 0.4) is 0 Å². The Balaban J connectivity index is 3.72. The predicted molar refractivity (Wildman–Crippen MR) is 107 cm³/mol. The third-order valence-electron chi connectivity index (χ3n) is 3.52. The molecule has 140 valence electrons. The molecule has 3 heteroatoms. The number of carbonyl (C=O) groups excluding carboxylic acids is 1. The second-order valence-corrected chi connectivity index (χ2v) is 5.77. The lowest BCUT2D eigenvalue weighted by Crippen LogP contribution is -2.06. The van der Waals surface area contributed by atoms with Gasteiger partial charge in [0.05, 0.1) is 6.61 Å². The van der Waals surface area contributed by atoms with Crippen LogP contribution in [-0.4, -0.2) is 17.7 Å². The van der Waals surface area contributed by atoms with E-state index in [9.17, 15) is 9.90 Å². The van der Waals surface area contributed by atoms with E-state index in [-0.39, 0.29) is 6.61 Å². The van der Waals surface area contributed by atoms with Crippen molar-refractivity contribution in [1.82, 2.24) is 0 Å². The molecule has 0 heterocycles. The van der Waals surface area contributed by atoms with Gasteiger partial charge in [0.15, 0.2) is 0 Å². The van der Waals surface area contributed by atoms with Crippen molar-refractivity contribution in [2.75, 3.05) is 6.61 Å². The van der Waals surface area contributed by atoms with E-state index in [0.29, 0.717) is 0 Å². The second kappa shape index (κ2) is 18.3. The highest BCUT2D eigenvalue weighted by molar-refractivity contribution is 5.86. The van der Waals surface area contributed by atoms with E-state index in [1.807, 2.05) is 24.3 Å². The summed E-state index contributed by atoms with van der Waals surface area (Å²) in [5.74, 6) is -1.10. The number of esters is 1. The Bertz CT molecular complexity index is 468. The number of carbonyl (C=O) groups is 1. The number of hydrogen-bond acceptors (Lipinski definition) is 3. The van der Waals surface area contributed by atoms with Crippen LogP contribution >= 0.6 is 0 Å². The molecule has 0 aromatic heterocycles. The molecule has 0 saturated carbocycles. The molecular weight excluding hydrogens is 312 g/mol. The van der Waals surface area contributed by atoms with Gasteiger partial charge in [-0.25, -0.2) is 4.79 Å². The first kappa shape index (κ1) is 23.0. The van der Waals surface area contributed by atoms with Crippen LogP contribution in [0.1, 0.15) is 65.2 Å². The molecule has 0 aliphatic heterocycles. The first-order chi connectivity index (χ1) is 12.2. The van der Waals surface area contributed by atoms with Crippen molar-refractivity contribution in [2.45, 2.75) is 65.2 Å². The molecule has 1 N–H and O–H groups in total. The smallest absolute Gasteiger partial charge is 0.373 e. The summed E-state index contributed by atoms with van der Waals surface area (Å²) in [5.41, 5.74) is 0. The third kappa shape index (κ3) is 16.6. The highest BCUT2D eigenvalue weighted by atomic mass is 16.5. The van der Waals surface area contributed by atoms with Crippen molar-refractivity contribution in [1.29, 1.82) is 0 Å². The van der Waals surface area contributed by atoms with Gasteiger partial charge in [-0.3, -0.25) is 0 Å². The van der Waals surface area contributed by atoms with Crippen molar-refractivity contribution in [3.8, 4) is 0 Å². The van der Waals surface area contributed by atoms with Crippen molar-refractivity contribution >= 4 is 5.97 Å². The van der Waals surface area contributed by atoms with Crippen LogP contribution in [0, 0.1) is 0 Å². The standard InChI is InChI=1S/C22H34O3/c1-3-5-6-7-8-9-10-11-12-13-14-15-16-17-18-19-20-21(23)22(24)25-4-2/h12-20,23H,3-11H2,1-2H3. The Morgan fingerprint density at radius 1 is 0.800 bits per heavy atom. The second-order valence-electron chi connectivity index (χ2n) is 5.77. The first-order valence-corrected chi connectivity index (χ1v) is 9.45. The summed E-state index contributed by atoms with van der Waals surface area (Å²) in [6, 6.07) is 0. The zero-order valence-electron chi connectivity index (χ0n) is 15.8. The molecular formula is C22H34O3. The van der Waals surface area contributed by atoms with Gasteiger partial charge in [0.2, 0.25) is 5.76 Å². The number of hydrogen-bond donors (Lipinski definition) is 1. The predicted octanol–water partition coefficient (Wildman–Crippen LogP) is 6.36. The van der Waals surface area contributed by atoms with Crippen molar-refractivity contribution in [2.24, 2.45) is 0 Å². The number of ether oxygens (including phenoxy) is 1. The zero-order chi connectivity index (χ0) is 18.6. The van der Waals surface area contributed by atoms with E-state index < -0.39 is 11.7 Å². The van der Waals surface area contributed by atoms with Gasteiger partial charge < -0.3 is 9.84 Å². The van der Waals surface area contributed by atoms with Gasteiger partial charge in [0.1, 0.15) is 0 Å². The van der Waals surface area contributed by atoms with Crippen molar-refractivity contribution < 1.29 is 14.6 Å². The zero-order valence-corrected chi connectivity index (χ0v) is 15.8. The maximum atomic E-state index is 11.1. The van der Waals surface area contributed by atoms with Crippen LogP contribution in [0.25, 0.3) is 0 Å². The minimum Gasteiger partial charge on any atom is -0.502 e. The average molecular weight is 347 g/mol. The number of unbranched alkanes of at least 4 members (excludes halogenated alkanes) is 7. The van der Waals surface area contributed by atoms with Gasteiger partial charge in [-0.2, -0.15) is 0 Å². The SMILES string of the molecule is CCCCCCCCCC=CC=CC=CC=CC=C(O)C(=O)OCC. The summed E-state index contributed by atoms with van der Waals surface area (Å²) in [7, 11) is 0. The lowest BCUT2D eigenvalue weighted by molar-refractivity contribution is -0.141. The van der Waals surface area contributed by atoms with Gasteiger partial charge in [-0.1, -0.05) is 94.1 Å². The van der Waals surface area contributed by atoms with E-state index in [0.717, 1.165) is 6.42 Å². The van der Waals surface area contributed by atoms with Gasteiger partial charge in [-0.15, -0.1) is 0 Å². The van der Waals surface area contributed by atoms with Crippen molar-refractivity contribution in [3.63, 3.8) is 0 Å². The highest BCUT2D eigenvalue weighted by Crippen LogP contribution is 2.08. The largest absolute Gasteiger partial charge is 0.502 e. The molecule has 3 nitrogen and oxygen atoms in total. The number of rotatable bonds is 14. The molecule has 0 bridgehead atoms. The van der Waals surface area contributed by atoms with Gasteiger partial charge in [-0.05, 0) is 25.8 Å². The van der Waals surface area contributed by atoms with Gasteiger partial charge in [0.25, 0.3) is 0 Å². The van der Waals surface area contributed by atoms with Crippen LogP contribution < -0.4 is 0 Å². The fourth-order valence-corrected chi connectivity index (χ4v) is 2.13. The Morgan fingerprint density at radius 2 is 1.36 bits per heavy atom. The summed E-state index contributed by atoms with van der Waals surface area (Å²) in [4.78, 5) is 11.1. The third-order valence-corrected chi connectivity index (χ3v) is 3.52. The summed E-state index contributed by atoms with van der Waals surface area (Å²) in [5, 5.41) is 9.35. The average Bonchev–Trinajstić information content (AvgIpc) is 2.61. The first-order valence-electron chi connectivity index (χ1n) is 9.45. The van der Waals surface area contributed by atoms with E-state index >= 15 is 0 Å². The molecule has 0 aromatic rings. The molecule has 0 unspecified atom stereocenters. The van der Waals surface area contributed by atoms with Crippen LogP contribution in [-0.2, 0) is 9.53 Å². The maximum Gasteiger partial charge on any atom is 0.373 e. The normalized spacial score (nSPS) is 13.0. The molecule has 0 rings (SSSR count). The van der Waals surface area contributed by atoms with Crippen LogP contribution in [0.2, 0.25) is 0 Å². The monoisotopic (exact) mass is 346 g/mol. The Kier molecular flexibility index (Phi) is 16.8. The van der Waals surface area contributed by atoms with Gasteiger partial charge in [0, 0.05) is 0 Å². The fourth-order valence-electron chi connectivity index (χ4n) is 2.13. The topological polar surface area (TPSA) is 46.5 Å². The van der Waals surface area contributed by atoms with E-state index in [4.69, 9.17) is 0 Å². The fraction of sp³-hybridized carbons (Fsp3) is 0.500. The minimum absolute atomic E-state index is 0.248. The molecule has 0 saturated heterocycles. The molecule has 0 atom stereocenters. The molecule has 0 aliphatic rings. The number of allylic oxidation sites excluding steroid dienone is 9. The van der Waals surface area contributed by atoms with Gasteiger partial charge >= 0.3 is 5.97 Å². The van der Waals surface area contributed by atoms with Crippen molar-refractivity contribution in [3.05, 3.63) is 60.4 Å². The lowest BCUT2D eigenvalue weighted by atomic mass is 10.1. The molecule has 0 aromatic carbocycles. The molecule has 25 heavy (non-hydrogen) atoms.